The van der Waals surface area contributed by atoms with Gasteiger partial charge in [0, 0.05) is 11.6 Å². The van der Waals surface area contributed by atoms with Crippen molar-refractivity contribution in [3.05, 3.63) is 28.4 Å². The summed E-state index contributed by atoms with van der Waals surface area (Å²) in [5.41, 5.74) is -3.52. The van der Waals surface area contributed by atoms with Crippen LogP contribution in [-0.4, -0.2) is 41.3 Å². The Bertz CT molecular complexity index is 1510. The maximum atomic E-state index is 12.4. The first-order valence-electron chi connectivity index (χ1n) is 7.36. The zero-order valence-electron chi connectivity index (χ0n) is 16.1. The van der Waals surface area contributed by atoms with Gasteiger partial charge in [-0.15, -0.1) is 0 Å². The number of hydrogen-bond donors (Lipinski definition) is 5. The van der Waals surface area contributed by atoms with Crippen molar-refractivity contribution in [3.63, 3.8) is 0 Å². The van der Waals surface area contributed by atoms with Crippen LogP contribution in [0.25, 0.3) is 22.3 Å². The Morgan fingerprint density at radius 2 is 1.34 bits per heavy atom. The smallest absolute Gasteiger partial charge is 0.869 e. The topological polar surface area (TPSA) is 246 Å². The van der Waals surface area contributed by atoms with Gasteiger partial charge in [-0.25, -0.2) is 0 Å². The van der Waals surface area contributed by atoms with Gasteiger partial charge in [0.1, 0.15) is 28.4 Å². The number of phenols is 3. The number of aromatic hydroxyl groups is 3. The molecule has 0 fully saturated rings. The van der Waals surface area contributed by atoms with Gasteiger partial charge >= 0.3 is 69.2 Å². The average Bonchev–Trinajstić information content (AvgIpc) is 2.57. The second-order valence-electron chi connectivity index (χ2n) is 5.81. The first kappa shape index (κ1) is 28.5. The predicted octanol–water partition coefficient (Wildman–Crippen LogP) is -6.77. The van der Waals surface area contributed by atoms with Gasteiger partial charge in [-0.05, 0) is 23.6 Å². The Labute approximate surface area is 222 Å². The maximum absolute atomic E-state index is 12.4. The van der Waals surface area contributed by atoms with Crippen LogP contribution in [0.3, 0.4) is 0 Å². The normalized spacial score (nSPS) is 11.6. The van der Waals surface area contributed by atoms with E-state index in [0.29, 0.717) is 18.2 Å². The SMILES string of the molecule is O=c1c([O-])c(-c2cc(O)c([O-])c(S(=O)(=O)O)c2)oc2c(S(=O)(=O)O)c(O)cc(O)c12.[Na+].[Na+]. The zero-order valence-corrected chi connectivity index (χ0v) is 21.7. The predicted molar refractivity (Wildman–Crippen MR) is 91.4 cm³/mol. The molecule has 0 spiro atoms. The average molecular weight is 506 g/mol. The summed E-state index contributed by atoms with van der Waals surface area (Å²) in [6, 6.07) is 1.20. The van der Waals surface area contributed by atoms with E-state index in [4.69, 9.17) is 8.97 Å². The molecule has 2 aromatic carbocycles. The molecule has 0 unspecified atom stereocenters. The minimum Gasteiger partial charge on any atom is -0.869 e. The molecule has 0 aliphatic rings. The van der Waals surface area contributed by atoms with Gasteiger partial charge in [0.05, 0.1) is 4.90 Å². The third-order valence-electron chi connectivity index (χ3n) is 3.87. The van der Waals surface area contributed by atoms with E-state index in [1.807, 2.05) is 0 Å². The molecule has 0 aliphatic heterocycles. The van der Waals surface area contributed by atoms with Gasteiger partial charge in [-0.3, -0.25) is 13.9 Å². The summed E-state index contributed by atoms with van der Waals surface area (Å²) in [6.45, 7) is 0. The summed E-state index contributed by atoms with van der Waals surface area (Å²) < 4.78 is 69.2. The van der Waals surface area contributed by atoms with E-state index in [-0.39, 0.29) is 59.1 Å². The number of fused-ring (bicyclic) bond motifs is 1. The third-order valence-corrected chi connectivity index (χ3v) is 5.64. The van der Waals surface area contributed by atoms with Gasteiger partial charge in [0.2, 0.25) is 0 Å². The summed E-state index contributed by atoms with van der Waals surface area (Å²) in [6.07, 6.45) is 0. The van der Waals surface area contributed by atoms with Gasteiger partial charge in [0.15, 0.2) is 15.9 Å². The molecule has 0 bridgehead atoms. The molecule has 5 N–H and O–H groups in total. The summed E-state index contributed by atoms with van der Waals surface area (Å²) in [5.74, 6) is -7.89. The van der Waals surface area contributed by atoms with Crippen molar-refractivity contribution < 1.29 is 115 Å². The fraction of sp³-hybridized carbons (Fsp3) is 0. The Kier molecular flexibility index (Phi) is 8.35. The molecule has 160 valence electrons. The number of hydrogen-bond acceptors (Lipinski definition) is 11. The maximum Gasteiger partial charge on any atom is 1.00 e. The van der Waals surface area contributed by atoms with Crippen LogP contribution in [-0.2, 0) is 20.2 Å². The summed E-state index contributed by atoms with van der Waals surface area (Å²) in [4.78, 5) is 9.59. The standard InChI is InChI=1S/C15H10O13S2.2Na/c16-5-3-7(18)15(30(25,26)27)14-9(5)11(20)12(21)13(28-14)4-1-6(17)10(19)8(2-4)29(22,23)24;;/h1-3,16-19,21H,(H,22,23,24)(H,25,26,27);;/q;2*+1/p-2. The van der Waals surface area contributed by atoms with Crippen molar-refractivity contribution in [2.45, 2.75) is 9.79 Å². The summed E-state index contributed by atoms with van der Waals surface area (Å²) in [7, 11) is -10.5. The van der Waals surface area contributed by atoms with Crippen LogP contribution in [0.2, 0.25) is 0 Å². The fourth-order valence-corrected chi connectivity index (χ4v) is 3.96. The van der Waals surface area contributed by atoms with E-state index in [2.05, 4.69) is 0 Å². The molecule has 0 saturated carbocycles. The Hall–Kier alpha value is -1.53. The number of phenolic OH excluding ortho intramolecular Hbond substituents is 3. The van der Waals surface area contributed by atoms with Crippen molar-refractivity contribution in [1.82, 2.24) is 0 Å². The number of rotatable bonds is 3. The minimum atomic E-state index is -5.28. The van der Waals surface area contributed by atoms with Crippen molar-refractivity contribution in [1.29, 1.82) is 0 Å². The number of benzene rings is 2. The van der Waals surface area contributed by atoms with E-state index in [1.165, 1.54) is 0 Å². The van der Waals surface area contributed by atoms with Crippen molar-refractivity contribution in [2.24, 2.45) is 0 Å². The van der Waals surface area contributed by atoms with E-state index in [1.54, 1.807) is 0 Å². The fourth-order valence-electron chi connectivity index (χ4n) is 2.64. The zero-order chi connectivity index (χ0) is 22.8. The largest absolute Gasteiger partial charge is 1.00 e. The van der Waals surface area contributed by atoms with Crippen molar-refractivity contribution >= 4 is 31.2 Å². The van der Waals surface area contributed by atoms with E-state index in [9.17, 15) is 51.7 Å². The van der Waals surface area contributed by atoms with Crippen molar-refractivity contribution in [2.75, 3.05) is 0 Å². The molecule has 0 amide bonds. The molecule has 1 heterocycles. The molecule has 0 aliphatic carbocycles. The van der Waals surface area contributed by atoms with Gasteiger partial charge in [-0.1, -0.05) is 0 Å². The van der Waals surface area contributed by atoms with Crippen LogP contribution in [0.5, 0.6) is 28.7 Å². The molecule has 3 aromatic rings. The molecule has 17 heteroatoms. The first-order chi connectivity index (χ1) is 13.6. The Morgan fingerprint density at radius 1 is 0.781 bits per heavy atom. The molecular weight excluding hydrogens is 498 g/mol. The second-order valence-corrected chi connectivity index (χ2v) is 8.56. The van der Waals surface area contributed by atoms with Crippen LogP contribution >= 0.6 is 0 Å². The Balaban J connectivity index is 0.00000256. The molecular formula is C15H8Na2O13S2. The molecule has 3 rings (SSSR count). The van der Waals surface area contributed by atoms with E-state index >= 15 is 0 Å². The van der Waals surface area contributed by atoms with Gasteiger partial charge in [-0.2, -0.15) is 16.8 Å². The molecule has 32 heavy (non-hydrogen) atoms. The quantitative estimate of drug-likeness (QED) is 0.164. The molecule has 13 nitrogen and oxygen atoms in total. The molecule has 0 radical (unpaired) electrons. The summed E-state index contributed by atoms with van der Waals surface area (Å²) in [5, 5.41) is 52.2. The van der Waals surface area contributed by atoms with Gasteiger partial charge in [0.25, 0.3) is 10.1 Å². The monoisotopic (exact) mass is 506 g/mol. The van der Waals surface area contributed by atoms with E-state index < -0.39 is 86.5 Å². The van der Waals surface area contributed by atoms with Crippen LogP contribution in [0.4, 0.5) is 0 Å². The minimum absolute atomic E-state index is 0. The molecule has 0 atom stereocenters. The van der Waals surface area contributed by atoms with Crippen molar-refractivity contribution in [3.8, 4) is 40.1 Å². The van der Waals surface area contributed by atoms with E-state index in [0.717, 1.165) is 0 Å². The van der Waals surface area contributed by atoms with Crippen LogP contribution in [0.15, 0.2) is 37.2 Å². The summed E-state index contributed by atoms with van der Waals surface area (Å²) >= 11 is 0. The Morgan fingerprint density at radius 3 is 1.84 bits per heavy atom. The molecule has 1 aromatic heterocycles. The van der Waals surface area contributed by atoms with Crippen LogP contribution in [0.1, 0.15) is 0 Å². The third kappa shape index (κ3) is 4.86. The van der Waals surface area contributed by atoms with Crippen LogP contribution in [0, 0.1) is 0 Å². The second kappa shape index (κ2) is 9.38. The molecule has 0 saturated heterocycles. The first-order valence-corrected chi connectivity index (χ1v) is 10.2. The van der Waals surface area contributed by atoms with Gasteiger partial charge < -0.3 is 29.9 Å². The van der Waals surface area contributed by atoms with Crippen LogP contribution < -0.4 is 74.8 Å².